The molecule has 2 aromatic carbocycles. The zero-order valence-corrected chi connectivity index (χ0v) is 24.8. The summed E-state index contributed by atoms with van der Waals surface area (Å²) in [5, 5.41) is 12.4. The number of amides is 1. The summed E-state index contributed by atoms with van der Waals surface area (Å²) in [5.41, 5.74) is 1.28. The maximum atomic E-state index is 13.0. The van der Waals surface area contributed by atoms with Gasteiger partial charge in [0.1, 0.15) is 0 Å². The highest BCUT2D eigenvalue weighted by atomic mass is 35.5. The summed E-state index contributed by atoms with van der Waals surface area (Å²) >= 11 is 12.6. The molecule has 0 aliphatic carbocycles. The van der Waals surface area contributed by atoms with Crippen molar-refractivity contribution in [2.24, 2.45) is 5.92 Å². The monoisotopic (exact) mass is 568 g/mol. The minimum absolute atomic E-state index is 0. The van der Waals surface area contributed by atoms with Crippen molar-refractivity contribution in [3.63, 3.8) is 0 Å². The Kier molecular flexibility index (Phi) is 13.2. The fraction of sp³-hybridized carbons (Fsp3) is 0.567. The van der Waals surface area contributed by atoms with Crippen LogP contribution in [0.25, 0.3) is 0 Å². The number of likely N-dealkylation sites (N-methyl/N-ethyl adjacent to an activating group) is 1. The van der Waals surface area contributed by atoms with E-state index >= 15 is 0 Å². The van der Waals surface area contributed by atoms with E-state index in [9.17, 15) is 9.90 Å². The van der Waals surface area contributed by atoms with Crippen LogP contribution in [-0.2, 0) is 0 Å². The molecule has 1 unspecified atom stereocenters. The van der Waals surface area contributed by atoms with Gasteiger partial charge < -0.3 is 14.9 Å². The third kappa shape index (κ3) is 8.86. The number of piperidine rings is 1. The van der Waals surface area contributed by atoms with Crippen LogP contribution in [0.2, 0.25) is 10.0 Å². The molecule has 0 bridgehead atoms. The second-order valence-electron chi connectivity index (χ2n) is 10.4. The van der Waals surface area contributed by atoms with E-state index in [1.807, 2.05) is 60.5 Å². The lowest BCUT2D eigenvalue weighted by Crippen LogP contribution is -2.45. The van der Waals surface area contributed by atoms with Crippen molar-refractivity contribution in [3.8, 4) is 0 Å². The van der Waals surface area contributed by atoms with Gasteiger partial charge in [-0.05, 0) is 87.5 Å². The molecule has 1 aliphatic rings. The molecule has 1 atom stereocenters. The minimum Gasteiger partial charge on any atom is -0.390 e. The van der Waals surface area contributed by atoms with E-state index in [4.69, 9.17) is 23.2 Å². The summed E-state index contributed by atoms with van der Waals surface area (Å²) in [6.45, 7) is 7.90. The van der Waals surface area contributed by atoms with Crippen molar-refractivity contribution in [2.75, 3.05) is 33.2 Å². The first-order chi connectivity index (χ1) is 17.3. The fourth-order valence-electron chi connectivity index (χ4n) is 5.78. The molecule has 0 spiro atoms. The highest BCUT2D eigenvalue weighted by Gasteiger charge is 2.37. The molecule has 1 heterocycles. The van der Waals surface area contributed by atoms with Gasteiger partial charge in [0, 0.05) is 25.1 Å². The number of hydrogen-bond acceptors (Lipinski definition) is 3. The molecule has 37 heavy (non-hydrogen) atoms. The molecule has 1 fully saturated rings. The largest absolute Gasteiger partial charge is 0.390 e. The van der Waals surface area contributed by atoms with Crippen molar-refractivity contribution in [2.45, 2.75) is 70.3 Å². The molecule has 2 aromatic rings. The van der Waals surface area contributed by atoms with E-state index in [0.717, 1.165) is 70.1 Å². The average molecular weight is 570 g/mol. The van der Waals surface area contributed by atoms with Crippen LogP contribution in [-0.4, -0.2) is 59.6 Å². The Morgan fingerprint density at radius 1 is 1.05 bits per heavy atom. The van der Waals surface area contributed by atoms with Crippen LogP contribution in [0.3, 0.4) is 0 Å². The molecule has 0 saturated carbocycles. The first-order valence-corrected chi connectivity index (χ1v) is 14.2. The summed E-state index contributed by atoms with van der Waals surface area (Å²) in [5.74, 6) is 0.550. The van der Waals surface area contributed by atoms with E-state index in [2.05, 4.69) is 18.7 Å². The molecule has 4 nitrogen and oxygen atoms in total. The van der Waals surface area contributed by atoms with Gasteiger partial charge in [0.2, 0.25) is 0 Å². The molecule has 3 rings (SSSR count). The number of carbonyl (C=O) groups is 1. The number of aliphatic hydroxyl groups is 1. The molecule has 1 N–H and O–H groups in total. The maximum absolute atomic E-state index is 13.0. The van der Waals surface area contributed by atoms with Gasteiger partial charge >= 0.3 is 0 Å². The van der Waals surface area contributed by atoms with Gasteiger partial charge in [-0.15, -0.1) is 12.4 Å². The van der Waals surface area contributed by atoms with Gasteiger partial charge in [0.25, 0.3) is 5.91 Å². The highest BCUT2D eigenvalue weighted by Crippen LogP contribution is 2.36. The Morgan fingerprint density at radius 2 is 1.68 bits per heavy atom. The Bertz CT molecular complexity index is 959. The number of nitrogens with zero attached hydrogens (tertiary/aromatic N) is 2. The third-order valence-corrected chi connectivity index (χ3v) is 8.52. The Labute approximate surface area is 239 Å². The van der Waals surface area contributed by atoms with Crippen molar-refractivity contribution in [1.82, 2.24) is 9.80 Å². The molecular formula is C30H43Cl3N2O2. The van der Waals surface area contributed by atoms with Crippen LogP contribution < -0.4 is 0 Å². The molecular weight excluding hydrogens is 527 g/mol. The number of likely N-dealkylation sites (tertiary alicyclic amines) is 1. The summed E-state index contributed by atoms with van der Waals surface area (Å²) in [6, 6.07) is 15.2. The summed E-state index contributed by atoms with van der Waals surface area (Å²) in [7, 11) is 1.87. The fourth-order valence-corrected chi connectivity index (χ4v) is 6.08. The Hall–Kier alpha value is -1.30. The summed E-state index contributed by atoms with van der Waals surface area (Å²) in [6.07, 6.45) is 6.85. The molecule has 1 amide bonds. The zero-order valence-electron chi connectivity index (χ0n) is 22.5. The smallest absolute Gasteiger partial charge is 0.253 e. The van der Waals surface area contributed by atoms with Crippen LogP contribution in [0.1, 0.15) is 80.6 Å². The number of carbonyl (C=O) groups excluding carboxylic acids is 1. The number of benzene rings is 2. The van der Waals surface area contributed by atoms with Crippen LogP contribution in [0.4, 0.5) is 0 Å². The molecule has 0 aromatic heterocycles. The average Bonchev–Trinajstić information content (AvgIpc) is 2.88. The lowest BCUT2D eigenvalue weighted by Gasteiger charge is -2.42. The summed E-state index contributed by atoms with van der Waals surface area (Å²) in [4.78, 5) is 17.3. The first-order valence-electron chi connectivity index (χ1n) is 13.5. The van der Waals surface area contributed by atoms with Crippen molar-refractivity contribution < 1.29 is 9.90 Å². The van der Waals surface area contributed by atoms with Gasteiger partial charge in [-0.1, -0.05) is 74.2 Å². The van der Waals surface area contributed by atoms with E-state index in [-0.39, 0.29) is 24.2 Å². The SMILES string of the molecule is CCCC(O)(CCC)C1CCN(CCC(CN(C)C(=O)c2ccccc2)c2ccc(Cl)c(Cl)c2)CC1.Cl. The van der Waals surface area contributed by atoms with Gasteiger partial charge in [-0.3, -0.25) is 4.79 Å². The minimum atomic E-state index is -0.515. The standard InChI is InChI=1S/C30H42Cl2N2O2.ClH/c1-4-16-30(36,17-5-2)26-14-19-34(20-15-26)18-13-25(24-11-12-27(31)28(32)21-24)22-33(3)29(35)23-9-7-6-8-10-23;/h6-12,21,25-26,36H,4-5,13-20,22H2,1-3H3;1H. The Balaban J connectivity index is 0.00000481. The van der Waals surface area contributed by atoms with Gasteiger partial charge in [0.05, 0.1) is 15.6 Å². The third-order valence-electron chi connectivity index (χ3n) is 7.78. The molecule has 0 radical (unpaired) electrons. The van der Waals surface area contributed by atoms with E-state index in [0.29, 0.717) is 28.1 Å². The van der Waals surface area contributed by atoms with Crippen LogP contribution in [0.15, 0.2) is 48.5 Å². The Morgan fingerprint density at radius 3 is 2.24 bits per heavy atom. The highest BCUT2D eigenvalue weighted by molar-refractivity contribution is 6.42. The number of rotatable bonds is 12. The number of hydrogen-bond donors (Lipinski definition) is 1. The quantitative estimate of drug-likeness (QED) is 0.285. The molecule has 1 aliphatic heterocycles. The predicted molar refractivity (Wildman–Crippen MR) is 158 cm³/mol. The second-order valence-corrected chi connectivity index (χ2v) is 11.2. The predicted octanol–water partition coefficient (Wildman–Crippen LogP) is 7.70. The molecule has 1 saturated heterocycles. The second kappa shape index (κ2) is 15.3. The maximum Gasteiger partial charge on any atom is 0.253 e. The topological polar surface area (TPSA) is 43.8 Å². The van der Waals surface area contributed by atoms with Crippen LogP contribution in [0.5, 0.6) is 0 Å². The lowest BCUT2D eigenvalue weighted by molar-refractivity contribution is -0.0569. The van der Waals surface area contributed by atoms with Crippen molar-refractivity contribution in [3.05, 3.63) is 69.7 Å². The van der Waals surface area contributed by atoms with Gasteiger partial charge in [0.15, 0.2) is 0 Å². The van der Waals surface area contributed by atoms with Crippen molar-refractivity contribution in [1.29, 1.82) is 0 Å². The normalized spacial score (nSPS) is 15.7. The van der Waals surface area contributed by atoms with E-state index in [1.165, 1.54) is 0 Å². The van der Waals surface area contributed by atoms with Crippen LogP contribution >= 0.6 is 35.6 Å². The van der Waals surface area contributed by atoms with Crippen LogP contribution in [0, 0.1) is 5.92 Å². The number of halogens is 3. The summed E-state index contributed by atoms with van der Waals surface area (Å²) < 4.78 is 0. The van der Waals surface area contributed by atoms with E-state index in [1.54, 1.807) is 0 Å². The van der Waals surface area contributed by atoms with Gasteiger partial charge in [-0.25, -0.2) is 0 Å². The van der Waals surface area contributed by atoms with E-state index < -0.39 is 5.60 Å². The van der Waals surface area contributed by atoms with Gasteiger partial charge in [-0.2, -0.15) is 0 Å². The zero-order chi connectivity index (χ0) is 26.1. The molecule has 206 valence electrons. The lowest BCUT2D eigenvalue weighted by atomic mass is 9.75. The first kappa shape index (κ1) is 31.9. The molecule has 7 heteroatoms. The van der Waals surface area contributed by atoms with Crippen molar-refractivity contribution >= 4 is 41.5 Å².